The van der Waals surface area contributed by atoms with Crippen LogP contribution in [-0.4, -0.2) is 96.7 Å². The fraction of sp³-hybridized carbons (Fsp3) is 0.877. The highest BCUT2D eigenvalue weighted by Gasteiger charge is 2.30. The minimum Gasteiger partial charge on any atom is -0.462 e. The Labute approximate surface area is 510 Å². The fourth-order valence-corrected chi connectivity index (χ4v) is 10.8. The molecule has 0 amide bonds. The van der Waals surface area contributed by atoms with Gasteiger partial charge in [-0.1, -0.05) is 257 Å². The molecule has 19 heteroatoms. The number of aliphatic hydroxyl groups excluding tert-OH is 1. The van der Waals surface area contributed by atoms with E-state index >= 15 is 0 Å². The van der Waals surface area contributed by atoms with Gasteiger partial charge in [0.25, 0.3) is 0 Å². The van der Waals surface area contributed by atoms with E-state index in [2.05, 4.69) is 52.0 Å². The van der Waals surface area contributed by atoms with Crippen LogP contribution in [0, 0.1) is 0 Å². The first kappa shape index (κ1) is 81.5. The minimum absolute atomic E-state index is 0.0856. The van der Waals surface area contributed by atoms with E-state index in [1.807, 2.05) is 0 Å². The summed E-state index contributed by atoms with van der Waals surface area (Å²) >= 11 is 0. The van der Waals surface area contributed by atoms with E-state index in [1.165, 1.54) is 116 Å². The number of hydrogen-bond donors (Lipinski definition) is 3. The fourth-order valence-electron chi connectivity index (χ4n) is 9.27. The normalized spacial score (nSPS) is 14.3. The van der Waals surface area contributed by atoms with Crippen molar-refractivity contribution in [3.8, 4) is 0 Å². The Bertz CT molecular complexity index is 1710. The molecule has 0 aliphatic heterocycles. The molecule has 0 bridgehead atoms. The van der Waals surface area contributed by atoms with Crippen molar-refractivity contribution in [2.24, 2.45) is 0 Å². The molecule has 0 aromatic heterocycles. The van der Waals surface area contributed by atoms with Gasteiger partial charge >= 0.3 is 39.5 Å². The van der Waals surface area contributed by atoms with Crippen LogP contribution >= 0.6 is 15.6 Å². The Morgan fingerprint density at radius 2 is 0.571 bits per heavy atom. The van der Waals surface area contributed by atoms with Crippen molar-refractivity contribution in [2.45, 2.75) is 329 Å². The number of hydrogen-bond acceptors (Lipinski definition) is 15. The molecule has 3 N–H and O–H groups in total. The summed E-state index contributed by atoms with van der Waals surface area (Å²) in [6, 6.07) is 0. The molecule has 2 unspecified atom stereocenters. The average molecular weight is 1240 g/mol. The number of esters is 4. The van der Waals surface area contributed by atoms with E-state index in [9.17, 15) is 43.2 Å². The molecule has 5 atom stereocenters. The monoisotopic (exact) mass is 1240 g/mol. The number of allylic oxidation sites excluding steroid dienone is 4. The molecular formula is C65H122O17P2. The zero-order chi connectivity index (χ0) is 61.9. The number of phosphoric ester groups is 2. The third kappa shape index (κ3) is 58.6. The third-order valence-electron chi connectivity index (χ3n) is 14.5. The maximum absolute atomic E-state index is 13.0. The van der Waals surface area contributed by atoms with Crippen LogP contribution in [-0.2, 0) is 65.4 Å². The molecule has 0 rings (SSSR count). The third-order valence-corrected chi connectivity index (χ3v) is 16.4. The van der Waals surface area contributed by atoms with E-state index in [-0.39, 0.29) is 25.7 Å². The molecule has 494 valence electrons. The van der Waals surface area contributed by atoms with Crippen molar-refractivity contribution in [3.63, 3.8) is 0 Å². The van der Waals surface area contributed by atoms with Crippen molar-refractivity contribution in [1.29, 1.82) is 0 Å². The first-order valence-electron chi connectivity index (χ1n) is 33.6. The number of ether oxygens (including phenoxy) is 4. The minimum atomic E-state index is -4.95. The van der Waals surface area contributed by atoms with Crippen molar-refractivity contribution < 1.29 is 80.2 Å². The maximum atomic E-state index is 13.0. The number of aliphatic hydroxyl groups is 1. The lowest BCUT2D eigenvalue weighted by Crippen LogP contribution is -2.30. The first-order valence-corrected chi connectivity index (χ1v) is 36.6. The Balaban J connectivity index is 5.24. The van der Waals surface area contributed by atoms with Gasteiger partial charge in [0, 0.05) is 25.7 Å². The summed E-state index contributed by atoms with van der Waals surface area (Å²) in [5.74, 6) is -2.17. The van der Waals surface area contributed by atoms with E-state index in [0.29, 0.717) is 25.7 Å². The van der Waals surface area contributed by atoms with Gasteiger partial charge in [0.15, 0.2) is 12.2 Å². The molecule has 0 aromatic carbocycles. The molecule has 0 saturated heterocycles. The summed E-state index contributed by atoms with van der Waals surface area (Å²) in [6.07, 6.45) is 48.1. The van der Waals surface area contributed by atoms with Gasteiger partial charge in [-0.25, -0.2) is 9.13 Å². The zero-order valence-electron chi connectivity index (χ0n) is 53.3. The molecule has 0 fully saturated rings. The van der Waals surface area contributed by atoms with Crippen LogP contribution < -0.4 is 0 Å². The second-order valence-corrected chi connectivity index (χ2v) is 25.7. The SMILES string of the molecule is CCCCCC/C=C\C=C/CCCCCCCC(=O)O[C@H](COC(=O)CCCCCCCCCCCCCCC)COP(=O)(O)OC[C@@H](O)COP(=O)(O)OC[C@@H](COC(=O)CCCCCCCCC)OC(=O)CCCCCCCCCCC. The maximum Gasteiger partial charge on any atom is 0.472 e. The molecule has 0 heterocycles. The largest absolute Gasteiger partial charge is 0.472 e. The quantitative estimate of drug-likeness (QED) is 0.0169. The van der Waals surface area contributed by atoms with E-state index in [4.69, 9.17) is 37.0 Å². The Morgan fingerprint density at radius 1 is 0.333 bits per heavy atom. The molecule has 17 nitrogen and oxygen atoms in total. The second-order valence-electron chi connectivity index (χ2n) is 22.8. The Hall–Kier alpha value is -2.46. The molecule has 0 spiro atoms. The number of rotatable bonds is 64. The molecule has 0 aliphatic rings. The predicted octanol–water partition coefficient (Wildman–Crippen LogP) is 17.9. The Kier molecular flexibility index (Phi) is 57.8. The summed E-state index contributed by atoms with van der Waals surface area (Å²) in [5.41, 5.74) is 0. The highest BCUT2D eigenvalue weighted by molar-refractivity contribution is 7.47. The van der Waals surface area contributed by atoms with Crippen LogP contribution in [0.25, 0.3) is 0 Å². The summed E-state index contributed by atoms with van der Waals surface area (Å²) in [4.78, 5) is 72.1. The zero-order valence-corrected chi connectivity index (χ0v) is 55.1. The van der Waals surface area contributed by atoms with Crippen LogP contribution in [0.3, 0.4) is 0 Å². The summed E-state index contributed by atoms with van der Waals surface area (Å²) < 4.78 is 67.9. The molecule has 0 aliphatic carbocycles. The summed E-state index contributed by atoms with van der Waals surface area (Å²) in [7, 11) is -9.89. The Morgan fingerprint density at radius 3 is 0.869 bits per heavy atom. The second kappa shape index (κ2) is 59.5. The van der Waals surface area contributed by atoms with Crippen LogP contribution in [0.4, 0.5) is 0 Å². The van der Waals surface area contributed by atoms with Gasteiger partial charge in [-0.15, -0.1) is 0 Å². The van der Waals surface area contributed by atoms with Crippen LogP contribution in [0.15, 0.2) is 24.3 Å². The van der Waals surface area contributed by atoms with Gasteiger partial charge in [0.05, 0.1) is 26.4 Å². The first-order chi connectivity index (χ1) is 40.7. The molecular weight excluding hydrogens is 1110 g/mol. The number of carbonyl (C=O) groups excluding carboxylic acids is 4. The lowest BCUT2D eigenvalue weighted by molar-refractivity contribution is -0.161. The van der Waals surface area contributed by atoms with Crippen LogP contribution in [0.5, 0.6) is 0 Å². The van der Waals surface area contributed by atoms with Gasteiger partial charge in [0.1, 0.15) is 19.3 Å². The summed E-state index contributed by atoms with van der Waals surface area (Å²) in [6.45, 7) is 4.78. The van der Waals surface area contributed by atoms with Gasteiger partial charge in [0.2, 0.25) is 0 Å². The van der Waals surface area contributed by atoms with Crippen molar-refractivity contribution in [3.05, 3.63) is 24.3 Å². The smallest absolute Gasteiger partial charge is 0.462 e. The topological polar surface area (TPSA) is 237 Å². The lowest BCUT2D eigenvalue weighted by Gasteiger charge is -2.21. The van der Waals surface area contributed by atoms with Gasteiger partial charge in [-0.05, 0) is 51.4 Å². The van der Waals surface area contributed by atoms with Gasteiger partial charge in [-0.3, -0.25) is 37.3 Å². The molecule has 0 aromatic rings. The van der Waals surface area contributed by atoms with Crippen molar-refractivity contribution in [2.75, 3.05) is 39.6 Å². The van der Waals surface area contributed by atoms with E-state index in [1.54, 1.807) is 0 Å². The molecule has 84 heavy (non-hydrogen) atoms. The van der Waals surface area contributed by atoms with Crippen molar-refractivity contribution in [1.82, 2.24) is 0 Å². The molecule has 0 radical (unpaired) electrons. The number of phosphoric acid groups is 2. The standard InChI is InChI=1S/C65H122O17P2/c1-5-9-13-17-21-24-26-28-29-31-33-36-40-44-48-52-65(70)82-61(56-76-63(68)50-46-42-38-35-32-30-27-25-22-18-14-10-6-2)58-80-84(73,74)78-54-59(66)53-77-83(71,72)79-57-60(55-75-62(67)49-45-41-37-20-16-12-8-4)81-64(69)51-47-43-39-34-23-19-15-11-7-3/h24,26,28-29,59-61,66H,5-23,25,27,30-58H2,1-4H3,(H,71,72)(H,73,74)/b26-24-,29-28-/t59-,60+,61+/m0/s1. The van der Waals surface area contributed by atoms with Crippen molar-refractivity contribution >= 4 is 39.5 Å². The van der Waals surface area contributed by atoms with E-state index < -0.39 is 97.5 Å². The highest BCUT2D eigenvalue weighted by atomic mass is 31.2. The molecule has 0 saturated carbocycles. The van der Waals surface area contributed by atoms with Gasteiger partial charge in [-0.2, -0.15) is 0 Å². The van der Waals surface area contributed by atoms with E-state index in [0.717, 1.165) is 116 Å². The van der Waals surface area contributed by atoms with Crippen LogP contribution in [0.1, 0.15) is 310 Å². The number of carbonyl (C=O) groups is 4. The lowest BCUT2D eigenvalue weighted by atomic mass is 10.0. The predicted molar refractivity (Wildman–Crippen MR) is 335 cm³/mol. The number of unbranched alkanes of at least 4 members (excludes halogenated alkanes) is 35. The highest BCUT2D eigenvalue weighted by Crippen LogP contribution is 2.45. The van der Waals surface area contributed by atoms with Crippen LogP contribution in [0.2, 0.25) is 0 Å². The average Bonchev–Trinajstić information content (AvgIpc) is 3.58. The summed E-state index contributed by atoms with van der Waals surface area (Å²) in [5, 5.41) is 10.5. The van der Waals surface area contributed by atoms with Gasteiger partial charge < -0.3 is 33.8 Å².